The molecule has 1 aliphatic heterocycles. The standard InChI is InChI=1S/C18H21N5O3S2/c1-13-5-6-14-15(9-13)27-18(20-14)21-16(24)10-22-11-17(19-12-22)28(25,26)23-7-3-2-4-8-23/h5-6,9,11-12H,2-4,7-8,10H2,1H3,(H,20,21,24). The second kappa shape index (κ2) is 7.61. The Kier molecular flexibility index (Phi) is 5.17. The number of hydrogen-bond donors (Lipinski definition) is 1. The molecule has 0 aliphatic carbocycles. The summed E-state index contributed by atoms with van der Waals surface area (Å²) < 4.78 is 29.2. The molecule has 1 fully saturated rings. The fourth-order valence-corrected chi connectivity index (χ4v) is 5.64. The zero-order valence-electron chi connectivity index (χ0n) is 15.5. The van der Waals surface area contributed by atoms with Crippen LogP contribution in [-0.4, -0.2) is 46.3 Å². The predicted octanol–water partition coefficient (Wildman–Crippen LogP) is 2.61. The Morgan fingerprint density at radius 3 is 2.82 bits per heavy atom. The summed E-state index contributed by atoms with van der Waals surface area (Å²) in [5, 5.41) is 3.27. The third kappa shape index (κ3) is 3.94. The van der Waals surface area contributed by atoms with Crippen molar-refractivity contribution in [2.24, 2.45) is 0 Å². The number of carbonyl (C=O) groups is 1. The molecule has 0 spiro atoms. The number of thiazole rings is 1. The van der Waals surface area contributed by atoms with Crippen LogP contribution >= 0.6 is 11.3 Å². The van der Waals surface area contributed by atoms with E-state index in [0.29, 0.717) is 18.2 Å². The highest BCUT2D eigenvalue weighted by molar-refractivity contribution is 7.89. The Hall–Kier alpha value is -2.30. The molecule has 3 aromatic rings. The van der Waals surface area contributed by atoms with E-state index >= 15 is 0 Å². The molecule has 1 amide bonds. The number of carbonyl (C=O) groups excluding carboxylic acids is 1. The quantitative estimate of drug-likeness (QED) is 0.686. The van der Waals surface area contributed by atoms with Gasteiger partial charge in [0, 0.05) is 19.3 Å². The number of sulfonamides is 1. The molecular formula is C18H21N5O3S2. The van der Waals surface area contributed by atoms with E-state index in [1.165, 1.54) is 32.7 Å². The number of aromatic nitrogens is 3. The lowest BCUT2D eigenvalue weighted by molar-refractivity contribution is -0.116. The summed E-state index contributed by atoms with van der Waals surface area (Å²) in [7, 11) is -3.60. The summed E-state index contributed by atoms with van der Waals surface area (Å²) in [4.78, 5) is 20.7. The number of rotatable bonds is 5. The minimum atomic E-state index is -3.60. The van der Waals surface area contributed by atoms with Gasteiger partial charge in [-0.1, -0.05) is 23.8 Å². The molecule has 28 heavy (non-hydrogen) atoms. The minimum absolute atomic E-state index is 0.0161. The number of imidazole rings is 1. The van der Waals surface area contributed by atoms with Crippen molar-refractivity contribution in [3.05, 3.63) is 36.3 Å². The zero-order chi connectivity index (χ0) is 19.7. The maximum absolute atomic E-state index is 12.6. The van der Waals surface area contributed by atoms with Gasteiger partial charge in [0.25, 0.3) is 10.0 Å². The number of fused-ring (bicyclic) bond motifs is 1. The molecule has 0 unspecified atom stereocenters. The molecule has 8 nitrogen and oxygen atoms in total. The van der Waals surface area contributed by atoms with Gasteiger partial charge in [-0.05, 0) is 37.5 Å². The maximum atomic E-state index is 12.6. The molecular weight excluding hydrogens is 398 g/mol. The van der Waals surface area contributed by atoms with Gasteiger partial charge < -0.3 is 9.88 Å². The second-order valence-corrected chi connectivity index (χ2v) is 9.80. The number of piperidine rings is 1. The van der Waals surface area contributed by atoms with Gasteiger partial charge in [-0.25, -0.2) is 18.4 Å². The Bertz CT molecular complexity index is 1110. The van der Waals surface area contributed by atoms with Crippen LogP contribution in [0.1, 0.15) is 24.8 Å². The van der Waals surface area contributed by atoms with E-state index in [9.17, 15) is 13.2 Å². The van der Waals surface area contributed by atoms with Crippen LogP contribution in [-0.2, 0) is 21.4 Å². The molecule has 0 atom stereocenters. The topological polar surface area (TPSA) is 97.2 Å². The average Bonchev–Trinajstić information content (AvgIpc) is 3.28. The Balaban J connectivity index is 1.43. The number of nitrogens with zero attached hydrogens (tertiary/aromatic N) is 4. The van der Waals surface area contributed by atoms with Gasteiger partial charge in [-0.2, -0.15) is 4.31 Å². The molecule has 1 aromatic carbocycles. The SMILES string of the molecule is Cc1ccc2nc(NC(=O)Cn3cnc(S(=O)(=O)N4CCCCC4)c3)sc2c1. The lowest BCUT2D eigenvalue weighted by atomic mass is 10.2. The van der Waals surface area contributed by atoms with E-state index in [2.05, 4.69) is 15.3 Å². The van der Waals surface area contributed by atoms with Crippen LogP contribution in [0.3, 0.4) is 0 Å². The molecule has 0 radical (unpaired) electrons. The fourth-order valence-electron chi connectivity index (χ4n) is 3.21. The molecule has 4 rings (SSSR count). The van der Waals surface area contributed by atoms with Crippen LogP contribution in [0.25, 0.3) is 10.2 Å². The summed E-state index contributed by atoms with van der Waals surface area (Å²) in [6.07, 6.45) is 5.56. The van der Waals surface area contributed by atoms with E-state index in [0.717, 1.165) is 35.0 Å². The van der Waals surface area contributed by atoms with Crippen molar-refractivity contribution in [2.45, 2.75) is 37.8 Å². The normalized spacial score (nSPS) is 15.8. The Morgan fingerprint density at radius 1 is 1.25 bits per heavy atom. The van der Waals surface area contributed by atoms with Crippen molar-refractivity contribution in [3.63, 3.8) is 0 Å². The minimum Gasteiger partial charge on any atom is -0.327 e. The first-order valence-electron chi connectivity index (χ1n) is 9.11. The molecule has 1 aliphatic rings. The van der Waals surface area contributed by atoms with E-state index in [4.69, 9.17) is 0 Å². The molecule has 3 heterocycles. The van der Waals surface area contributed by atoms with E-state index in [1.807, 2.05) is 25.1 Å². The highest BCUT2D eigenvalue weighted by atomic mass is 32.2. The van der Waals surface area contributed by atoms with Crippen molar-refractivity contribution >= 4 is 42.6 Å². The number of hydrogen-bond acceptors (Lipinski definition) is 6. The molecule has 1 saturated heterocycles. The number of aryl methyl sites for hydroxylation is 1. The summed E-state index contributed by atoms with van der Waals surface area (Å²) in [6, 6.07) is 5.92. The van der Waals surface area contributed by atoms with Gasteiger partial charge in [0.05, 0.1) is 16.5 Å². The monoisotopic (exact) mass is 419 g/mol. The fraction of sp³-hybridized carbons (Fsp3) is 0.389. The molecule has 2 aromatic heterocycles. The van der Waals surface area contributed by atoms with Gasteiger partial charge in [0.15, 0.2) is 10.2 Å². The van der Waals surface area contributed by atoms with Gasteiger partial charge in [-0.3, -0.25) is 4.79 Å². The molecule has 1 N–H and O–H groups in total. The van der Waals surface area contributed by atoms with Gasteiger partial charge in [0.2, 0.25) is 5.91 Å². The van der Waals surface area contributed by atoms with E-state index in [1.54, 1.807) is 0 Å². The molecule has 0 bridgehead atoms. The summed E-state index contributed by atoms with van der Waals surface area (Å²) in [5.41, 5.74) is 1.97. The lowest BCUT2D eigenvalue weighted by Crippen LogP contribution is -2.35. The van der Waals surface area contributed by atoms with Crippen LogP contribution in [0.2, 0.25) is 0 Å². The Labute approximate surface area is 167 Å². The summed E-state index contributed by atoms with van der Waals surface area (Å²) in [6.45, 7) is 3.02. The third-order valence-corrected chi connectivity index (χ3v) is 7.36. The first-order chi connectivity index (χ1) is 13.4. The van der Waals surface area contributed by atoms with Crippen LogP contribution < -0.4 is 5.32 Å². The Morgan fingerprint density at radius 2 is 2.04 bits per heavy atom. The van der Waals surface area contributed by atoms with Gasteiger partial charge in [0.1, 0.15) is 6.54 Å². The summed E-state index contributed by atoms with van der Waals surface area (Å²) in [5.74, 6) is -0.282. The van der Waals surface area contributed by atoms with Gasteiger partial charge in [-0.15, -0.1) is 0 Å². The summed E-state index contributed by atoms with van der Waals surface area (Å²) >= 11 is 1.41. The zero-order valence-corrected chi connectivity index (χ0v) is 17.1. The van der Waals surface area contributed by atoms with E-state index < -0.39 is 10.0 Å². The van der Waals surface area contributed by atoms with E-state index in [-0.39, 0.29) is 17.5 Å². The predicted molar refractivity (Wildman–Crippen MR) is 108 cm³/mol. The van der Waals surface area contributed by atoms with Crippen molar-refractivity contribution in [2.75, 3.05) is 18.4 Å². The van der Waals surface area contributed by atoms with Crippen molar-refractivity contribution < 1.29 is 13.2 Å². The first kappa shape index (κ1) is 19.0. The van der Waals surface area contributed by atoms with Crippen molar-refractivity contribution in [1.82, 2.24) is 18.8 Å². The molecule has 10 heteroatoms. The maximum Gasteiger partial charge on any atom is 0.262 e. The number of amides is 1. The molecule has 0 saturated carbocycles. The number of anilines is 1. The molecule has 148 valence electrons. The van der Waals surface area contributed by atoms with Crippen molar-refractivity contribution in [3.8, 4) is 0 Å². The highest BCUT2D eigenvalue weighted by Gasteiger charge is 2.28. The van der Waals surface area contributed by atoms with Crippen molar-refractivity contribution in [1.29, 1.82) is 0 Å². The third-order valence-electron chi connectivity index (χ3n) is 4.65. The van der Waals surface area contributed by atoms with Crippen LogP contribution in [0, 0.1) is 6.92 Å². The van der Waals surface area contributed by atoms with Gasteiger partial charge >= 0.3 is 0 Å². The van der Waals surface area contributed by atoms with Crippen LogP contribution in [0.15, 0.2) is 35.7 Å². The average molecular weight is 420 g/mol. The van der Waals surface area contributed by atoms with Crippen LogP contribution in [0.4, 0.5) is 5.13 Å². The van der Waals surface area contributed by atoms with Crippen LogP contribution in [0.5, 0.6) is 0 Å². The largest absolute Gasteiger partial charge is 0.327 e. The lowest BCUT2D eigenvalue weighted by Gasteiger charge is -2.24. The number of nitrogens with one attached hydrogen (secondary N) is 1. The first-order valence-corrected chi connectivity index (χ1v) is 11.4. The second-order valence-electron chi connectivity index (χ2n) is 6.89. The smallest absolute Gasteiger partial charge is 0.262 e. The highest BCUT2D eigenvalue weighted by Crippen LogP contribution is 2.26. The number of benzene rings is 1.